The molecule has 0 radical (unpaired) electrons. The Balaban J connectivity index is 2.91. The van der Waals surface area contributed by atoms with Crippen molar-refractivity contribution in [3.05, 3.63) is 29.3 Å². The second-order valence-corrected chi connectivity index (χ2v) is 4.95. The fourth-order valence-electron chi connectivity index (χ4n) is 1.72. The van der Waals surface area contributed by atoms with Crippen molar-refractivity contribution in [1.82, 2.24) is 4.90 Å². The molecule has 1 aromatic rings. The van der Waals surface area contributed by atoms with Crippen molar-refractivity contribution >= 4 is 29.3 Å². The highest BCUT2D eigenvalue weighted by Gasteiger charge is 2.21. The predicted molar refractivity (Wildman–Crippen MR) is 79.4 cm³/mol. The lowest BCUT2D eigenvalue weighted by atomic mass is 10.3. The number of rotatable bonds is 6. The van der Waals surface area contributed by atoms with Crippen LogP contribution in [0.15, 0.2) is 24.3 Å². The zero-order valence-corrected chi connectivity index (χ0v) is 12.4. The van der Waals surface area contributed by atoms with Crippen molar-refractivity contribution in [2.75, 3.05) is 25.0 Å². The number of halogens is 1. The third-order valence-electron chi connectivity index (χ3n) is 2.84. The Kier molecular flexibility index (Phi) is 6.31. The fraction of sp³-hybridized carbons (Fsp3) is 0.429. The zero-order valence-electron chi connectivity index (χ0n) is 11.7. The van der Waals surface area contributed by atoms with Crippen molar-refractivity contribution in [2.24, 2.45) is 0 Å². The molecule has 0 saturated heterocycles. The summed E-state index contributed by atoms with van der Waals surface area (Å²) in [6.07, 6.45) is 1.85. The third kappa shape index (κ3) is 4.74. The van der Waals surface area contributed by atoms with E-state index < -0.39 is 5.97 Å². The first-order valence-electron chi connectivity index (χ1n) is 6.45. The molecule has 6 heteroatoms. The van der Waals surface area contributed by atoms with Crippen molar-refractivity contribution < 1.29 is 14.7 Å². The zero-order chi connectivity index (χ0) is 15.1. The van der Waals surface area contributed by atoms with E-state index >= 15 is 0 Å². The summed E-state index contributed by atoms with van der Waals surface area (Å²) in [4.78, 5) is 26.0. The van der Waals surface area contributed by atoms with Crippen molar-refractivity contribution in [2.45, 2.75) is 19.8 Å². The van der Waals surface area contributed by atoms with Gasteiger partial charge in [0.25, 0.3) is 0 Å². The quantitative estimate of drug-likeness (QED) is 0.878. The van der Waals surface area contributed by atoms with Gasteiger partial charge in [-0.2, -0.15) is 0 Å². The number of hydrogen-bond donors (Lipinski definition) is 1. The van der Waals surface area contributed by atoms with Gasteiger partial charge in [-0.1, -0.05) is 24.9 Å². The van der Waals surface area contributed by atoms with Crippen LogP contribution in [-0.2, 0) is 4.79 Å². The number of aliphatic carboxylic acids is 1. The van der Waals surface area contributed by atoms with Crippen LogP contribution in [-0.4, -0.2) is 42.1 Å². The van der Waals surface area contributed by atoms with E-state index in [1.807, 2.05) is 6.92 Å². The Hall–Kier alpha value is -1.75. The van der Waals surface area contributed by atoms with E-state index in [2.05, 4.69) is 0 Å². The molecule has 0 atom stereocenters. The molecule has 0 aliphatic heterocycles. The molecule has 0 fully saturated rings. The van der Waals surface area contributed by atoms with Crippen LogP contribution in [0.3, 0.4) is 0 Å². The molecule has 0 spiro atoms. The number of anilines is 1. The number of carbonyl (C=O) groups excluding carboxylic acids is 1. The van der Waals surface area contributed by atoms with E-state index in [1.54, 1.807) is 31.3 Å². The maximum atomic E-state index is 12.3. The van der Waals surface area contributed by atoms with Crippen LogP contribution in [0.25, 0.3) is 0 Å². The second-order valence-electron chi connectivity index (χ2n) is 4.51. The minimum atomic E-state index is -1.06. The van der Waals surface area contributed by atoms with Crippen molar-refractivity contribution in [3.63, 3.8) is 0 Å². The number of carboxylic acid groups (broad SMARTS) is 1. The number of carboxylic acids is 1. The summed E-state index contributed by atoms with van der Waals surface area (Å²) in [7, 11) is 1.67. The number of urea groups is 1. The topological polar surface area (TPSA) is 60.9 Å². The largest absolute Gasteiger partial charge is 0.480 e. The first-order chi connectivity index (χ1) is 9.45. The van der Waals surface area contributed by atoms with Crippen molar-refractivity contribution in [1.29, 1.82) is 0 Å². The summed E-state index contributed by atoms with van der Waals surface area (Å²) in [5.74, 6) is -1.06. The molecular formula is C14H19ClN2O3. The van der Waals surface area contributed by atoms with Gasteiger partial charge in [-0.3, -0.25) is 9.69 Å². The summed E-state index contributed by atoms with van der Waals surface area (Å²) in [6, 6.07) is 6.20. The fourth-order valence-corrected chi connectivity index (χ4v) is 1.85. The molecule has 1 rings (SSSR count). The van der Waals surface area contributed by atoms with E-state index in [1.165, 1.54) is 9.80 Å². The lowest BCUT2D eigenvalue weighted by Crippen LogP contribution is -2.44. The monoisotopic (exact) mass is 298 g/mol. The van der Waals surface area contributed by atoms with Crippen LogP contribution < -0.4 is 4.90 Å². The van der Waals surface area contributed by atoms with Crippen LogP contribution in [0.1, 0.15) is 19.8 Å². The summed E-state index contributed by atoms with van der Waals surface area (Å²) < 4.78 is 0. The normalized spacial score (nSPS) is 10.2. The Morgan fingerprint density at radius 1 is 1.25 bits per heavy atom. The molecule has 20 heavy (non-hydrogen) atoms. The van der Waals surface area contributed by atoms with Crippen LogP contribution in [0.2, 0.25) is 5.02 Å². The molecule has 0 aromatic heterocycles. The minimum Gasteiger partial charge on any atom is -0.480 e. The third-order valence-corrected chi connectivity index (χ3v) is 3.09. The number of unbranched alkanes of at least 4 members (excludes halogenated alkanes) is 1. The molecule has 0 bridgehead atoms. The Labute approximate surface area is 123 Å². The molecule has 0 aliphatic rings. The molecule has 5 nitrogen and oxygen atoms in total. The molecular weight excluding hydrogens is 280 g/mol. The van der Waals surface area contributed by atoms with Gasteiger partial charge in [0, 0.05) is 24.3 Å². The van der Waals surface area contributed by atoms with Gasteiger partial charge >= 0.3 is 12.0 Å². The Morgan fingerprint density at radius 3 is 2.35 bits per heavy atom. The average molecular weight is 299 g/mol. The highest BCUT2D eigenvalue weighted by molar-refractivity contribution is 6.30. The lowest BCUT2D eigenvalue weighted by molar-refractivity contribution is -0.135. The lowest BCUT2D eigenvalue weighted by Gasteiger charge is -2.27. The first-order valence-corrected chi connectivity index (χ1v) is 6.83. The van der Waals surface area contributed by atoms with Gasteiger partial charge in [-0.25, -0.2) is 4.79 Å². The van der Waals surface area contributed by atoms with E-state index in [0.717, 1.165) is 12.8 Å². The summed E-state index contributed by atoms with van der Waals surface area (Å²) >= 11 is 5.80. The maximum absolute atomic E-state index is 12.3. The number of hydrogen-bond acceptors (Lipinski definition) is 2. The van der Waals surface area contributed by atoms with Crippen LogP contribution in [0.4, 0.5) is 10.5 Å². The number of carbonyl (C=O) groups is 2. The summed E-state index contributed by atoms with van der Waals surface area (Å²) in [5, 5.41) is 9.51. The summed E-state index contributed by atoms with van der Waals surface area (Å²) in [6.45, 7) is 2.25. The minimum absolute atomic E-state index is 0.330. The summed E-state index contributed by atoms with van der Waals surface area (Å²) in [5.41, 5.74) is 0.519. The average Bonchev–Trinajstić information content (AvgIpc) is 2.42. The molecule has 0 unspecified atom stereocenters. The van der Waals surface area contributed by atoms with E-state index in [-0.39, 0.29) is 12.6 Å². The molecule has 2 amide bonds. The van der Waals surface area contributed by atoms with Gasteiger partial charge in [0.15, 0.2) is 0 Å². The Morgan fingerprint density at radius 2 is 1.85 bits per heavy atom. The van der Waals surface area contributed by atoms with Gasteiger partial charge in [0.1, 0.15) is 6.54 Å². The Bertz CT molecular complexity index is 462. The standard InChI is InChI=1S/C14H19ClN2O3/c1-3-4-9-16(2)14(20)17(10-13(18)19)12-7-5-11(15)6-8-12/h5-8H,3-4,9-10H2,1-2H3,(H,18,19). The smallest absolute Gasteiger partial charge is 0.324 e. The van der Waals surface area contributed by atoms with Gasteiger partial charge in [-0.05, 0) is 30.7 Å². The van der Waals surface area contributed by atoms with E-state index in [4.69, 9.17) is 16.7 Å². The van der Waals surface area contributed by atoms with Gasteiger partial charge in [0.2, 0.25) is 0 Å². The SMILES string of the molecule is CCCCN(C)C(=O)N(CC(=O)O)c1ccc(Cl)cc1. The highest BCUT2D eigenvalue weighted by atomic mass is 35.5. The second kappa shape index (κ2) is 7.75. The maximum Gasteiger partial charge on any atom is 0.324 e. The van der Waals surface area contributed by atoms with Gasteiger partial charge < -0.3 is 10.0 Å². The van der Waals surface area contributed by atoms with Crippen molar-refractivity contribution in [3.8, 4) is 0 Å². The number of benzene rings is 1. The van der Waals surface area contributed by atoms with Crippen LogP contribution in [0.5, 0.6) is 0 Å². The molecule has 0 saturated carbocycles. The molecule has 0 heterocycles. The van der Waals surface area contributed by atoms with Crippen LogP contribution in [0, 0.1) is 0 Å². The first kappa shape index (κ1) is 16.3. The molecule has 0 aliphatic carbocycles. The van der Waals surface area contributed by atoms with Gasteiger partial charge in [0.05, 0.1) is 0 Å². The number of nitrogens with zero attached hydrogens (tertiary/aromatic N) is 2. The molecule has 1 N–H and O–H groups in total. The molecule has 110 valence electrons. The highest BCUT2D eigenvalue weighted by Crippen LogP contribution is 2.19. The van der Waals surface area contributed by atoms with Gasteiger partial charge in [-0.15, -0.1) is 0 Å². The van der Waals surface area contributed by atoms with E-state index in [9.17, 15) is 9.59 Å². The van der Waals surface area contributed by atoms with E-state index in [0.29, 0.717) is 17.3 Å². The molecule has 1 aromatic carbocycles. The van der Waals surface area contributed by atoms with Crippen LogP contribution >= 0.6 is 11.6 Å². The number of amides is 2. The predicted octanol–water partition coefficient (Wildman–Crippen LogP) is 3.08.